The van der Waals surface area contributed by atoms with E-state index in [9.17, 15) is 9.59 Å². The molecule has 1 N–H and O–H groups in total. The Labute approximate surface area is 152 Å². The van der Waals surface area contributed by atoms with Crippen molar-refractivity contribution < 1.29 is 4.79 Å². The van der Waals surface area contributed by atoms with Gasteiger partial charge < -0.3 is 4.98 Å². The van der Waals surface area contributed by atoms with Gasteiger partial charge in [-0.05, 0) is 31.9 Å². The third-order valence-corrected chi connectivity index (χ3v) is 5.47. The van der Waals surface area contributed by atoms with E-state index in [1.54, 1.807) is 0 Å². The number of imidazole rings is 1. The highest BCUT2D eigenvalue weighted by molar-refractivity contribution is 5.99. The van der Waals surface area contributed by atoms with Gasteiger partial charge in [0, 0.05) is 24.7 Å². The molecule has 5 heteroatoms. The largest absolute Gasteiger partial charge is 0.326 e. The van der Waals surface area contributed by atoms with E-state index < -0.39 is 0 Å². The van der Waals surface area contributed by atoms with Gasteiger partial charge in [-0.2, -0.15) is 0 Å². The van der Waals surface area contributed by atoms with E-state index in [-0.39, 0.29) is 23.6 Å². The number of Topliss-reactive ketones (excluding diaryl/α,β-unsaturated/α-hetero) is 1. The molecule has 1 saturated heterocycles. The maximum absolute atomic E-state index is 12.7. The maximum atomic E-state index is 12.7. The van der Waals surface area contributed by atoms with Gasteiger partial charge in [0.15, 0.2) is 5.78 Å². The first-order valence-electron chi connectivity index (χ1n) is 9.17. The van der Waals surface area contributed by atoms with E-state index in [0.717, 1.165) is 42.5 Å². The lowest BCUT2D eigenvalue weighted by Gasteiger charge is -2.35. The van der Waals surface area contributed by atoms with Crippen LogP contribution in [0.15, 0.2) is 59.4 Å². The second kappa shape index (κ2) is 6.92. The molecule has 1 aliphatic heterocycles. The van der Waals surface area contributed by atoms with Gasteiger partial charge in [-0.1, -0.05) is 42.5 Å². The Hall–Kier alpha value is -2.66. The first-order valence-corrected chi connectivity index (χ1v) is 9.17. The van der Waals surface area contributed by atoms with Crippen molar-refractivity contribution in [1.82, 2.24) is 14.5 Å². The molecule has 5 nitrogen and oxygen atoms in total. The number of fused-ring (bicyclic) bond motifs is 1. The van der Waals surface area contributed by atoms with Gasteiger partial charge in [-0.25, -0.2) is 4.79 Å². The Morgan fingerprint density at radius 2 is 1.69 bits per heavy atom. The van der Waals surface area contributed by atoms with Crippen molar-refractivity contribution in [3.8, 4) is 0 Å². The molecule has 2 heterocycles. The Balaban J connectivity index is 1.48. The van der Waals surface area contributed by atoms with E-state index in [4.69, 9.17) is 0 Å². The minimum absolute atomic E-state index is 0.0435. The van der Waals surface area contributed by atoms with Crippen LogP contribution in [-0.4, -0.2) is 39.4 Å². The minimum atomic E-state index is -0.141. The van der Waals surface area contributed by atoms with Crippen LogP contribution in [0.1, 0.15) is 36.2 Å². The SMILES string of the molecule is CC(C(=O)c1ccccc1)N1CCC(n2c(=O)[nH]c3ccccc32)CC1. The number of para-hydroxylation sites is 2. The predicted octanol–water partition coefficient (Wildman–Crippen LogP) is 3.24. The molecule has 0 bridgehead atoms. The van der Waals surface area contributed by atoms with E-state index >= 15 is 0 Å². The zero-order chi connectivity index (χ0) is 18.1. The number of aromatic nitrogens is 2. The normalized spacial score (nSPS) is 17.4. The molecule has 1 unspecified atom stereocenters. The summed E-state index contributed by atoms with van der Waals surface area (Å²) in [5.41, 5.74) is 2.56. The highest BCUT2D eigenvalue weighted by Gasteiger charge is 2.29. The summed E-state index contributed by atoms with van der Waals surface area (Å²) in [6.07, 6.45) is 1.74. The fourth-order valence-corrected chi connectivity index (χ4v) is 3.98. The van der Waals surface area contributed by atoms with Crippen LogP contribution in [0.3, 0.4) is 0 Å². The monoisotopic (exact) mass is 349 g/mol. The van der Waals surface area contributed by atoms with E-state index in [1.165, 1.54) is 0 Å². The van der Waals surface area contributed by atoms with Crippen molar-refractivity contribution in [3.05, 3.63) is 70.6 Å². The van der Waals surface area contributed by atoms with Crippen LogP contribution < -0.4 is 5.69 Å². The number of likely N-dealkylation sites (tertiary alicyclic amines) is 1. The predicted molar refractivity (Wildman–Crippen MR) is 103 cm³/mol. The Bertz CT molecular complexity index is 966. The maximum Gasteiger partial charge on any atom is 0.326 e. The number of piperidine rings is 1. The number of H-pyrrole nitrogens is 1. The van der Waals surface area contributed by atoms with Crippen LogP contribution in [-0.2, 0) is 0 Å². The zero-order valence-corrected chi connectivity index (χ0v) is 14.9. The van der Waals surface area contributed by atoms with Gasteiger partial charge in [-0.3, -0.25) is 14.3 Å². The number of ketones is 1. The molecule has 0 saturated carbocycles. The first kappa shape index (κ1) is 16.8. The van der Waals surface area contributed by atoms with Gasteiger partial charge in [0.2, 0.25) is 0 Å². The van der Waals surface area contributed by atoms with Crippen molar-refractivity contribution in [1.29, 1.82) is 0 Å². The molecule has 1 aliphatic rings. The van der Waals surface area contributed by atoms with Crippen molar-refractivity contribution in [2.75, 3.05) is 13.1 Å². The van der Waals surface area contributed by atoms with Gasteiger partial charge in [0.05, 0.1) is 17.1 Å². The van der Waals surface area contributed by atoms with E-state index in [1.807, 2.05) is 66.1 Å². The third-order valence-electron chi connectivity index (χ3n) is 5.47. The number of rotatable bonds is 4. The summed E-state index contributed by atoms with van der Waals surface area (Å²) in [5, 5.41) is 0. The highest BCUT2D eigenvalue weighted by atomic mass is 16.1. The van der Waals surface area contributed by atoms with Crippen molar-refractivity contribution in [3.63, 3.8) is 0 Å². The summed E-state index contributed by atoms with van der Waals surface area (Å²) in [6, 6.07) is 17.3. The van der Waals surface area contributed by atoms with Crippen LogP contribution in [0.2, 0.25) is 0 Å². The van der Waals surface area contributed by atoms with Crippen LogP contribution in [0, 0.1) is 0 Å². The lowest BCUT2D eigenvalue weighted by Crippen LogP contribution is -2.45. The number of carbonyl (C=O) groups is 1. The summed E-state index contributed by atoms with van der Waals surface area (Å²) in [7, 11) is 0. The van der Waals surface area contributed by atoms with Crippen molar-refractivity contribution in [2.24, 2.45) is 0 Å². The molecule has 26 heavy (non-hydrogen) atoms. The summed E-state index contributed by atoms with van der Waals surface area (Å²) in [5.74, 6) is 0.160. The van der Waals surface area contributed by atoms with Gasteiger partial charge in [-0.15, -0.1) is 0 Å². The minimum Gasteiger partial charge on any atom is -0.306 e. The smallest absolute Gasteiger partial charge is 0.306 e. The molecule has 0 radical (unpaired) electrons. The molecule has 1 aromatic heterocycles. The fourth-order valence-electron chi connectivity index (χ4n) is 3.98. The summed E-state index contributed by atoms with van der Waals surface area (Å²) in [6.45, 7) is 3.61. The van der Waals surface area contributed by atoms with Crippen molar-refractivity contribution >= 4 is 16.8 Å². The Morgan fingerprint density at radius 3 is 2.42 bits per heavy atom. The molecule has 0 spiro atoms. The summed E-state index contributed by atoms with van der Waals surface area (Å²) in [4.78, 5) is 30.2. The summed E-state index contributed by atoms with van der Waals surface area (Å²) >= 11 is 0. The number of nitrogens with one attached hydrogen (secondary N) is 1. The average Bonchev–Trinajstić information content (AvgIpc) is 3.03. The molecule has 4 rings (SSSR count). The van der Waals surface area contributed by atoms with Crippen molar-refractivity contribution in [2.45, 2.75) is 31.8 Å². The Morgan fingerprint density at radius 1 is 1.04 bits per heavy atom. The molecule has 0 amide bonds. The number of hydrogen-bond acceptors (Lipinski definition) is 3. The third kappa shape index (κ3) is 2.99. The number of hydrogen-bond donors (Lipinski definition) is 1. The molecule has 1 atom stereocenters. The molecular formula is C21H23N3O2. The van der Waals surface area contributed by atoms with Gasteiger partial charge >= 0.3 is 5.69 Å². The van der Waals surface area contributed by atoms with Crippen LogP contribution >= 0.6 is 0 Å². The van der Waals surface area contributed by atoms with Gasteiger partial charge in [0.25, 0.3) is 0 Å². The lowest BCUT2D eigenvalue weighted by atomic mass is 9.99. The molecule has 2 aromatic carbocycles. The average molecular weight is 349 g/mol. The van der Waals surface area contributed by atoms with Crippen LogP contribution in [0.25, 0.3) is 11.0 Å². The van der Waals surface area contributed by atoms with Crippen LogP contribution in [0.4, 0.5) is 0 Å². The molecule has 134 valence electrons. The summed E-state index contributed by atoms with van der Waals surface area (Å²) < 4.78 is 1.89. The first-order chi connectivity index (χ1) is 12.6. The van der Waals surface area contributed by atoms with E-state index in [0.29, 0.717) is 0 Å². The zero-order valence-electron chi connectivity index (χ0n) is 14.9. The molecule has 0 aliphatic carbocycles. The van der Waals surface area contributed by atoms with Gasteiger partial charge in [0.1, 0.15) is 0 Å². The molecular weight excluding hydrogens is 326 g/mol. The second-order valence-corrected chi connectivity index (χ2v) is 6.99. The van der Waals surface area contributed by atoms with E-state index in [2.05, 4.69) is 9.88 Å². The number of benzene rings is 2. The second-order valence-electron chi connectivity index (χ2n) is 6.99. The lowest BCUT2D eigenvalue weighted by molar-refractivity contribution is 0.0776. The highest BCUT2D eigenvalue weighted by Crippen LogP contribution is 2.26. The quantitative estimate of drug-likeness (QED) is 0.736. The molecule has 1 fully saturated rings. The standard InChI is InChI=1S/C21H23N3O2/c1-15(20(25)16-7-3-2-4-8-16)23-13-11-17(12-14-23)24-19-10-6-5-9-18(19)22-21(24)26/h2-10,15,17H,11-14H2,1H3,(H,22,26). The number of aromatic amines is 1. The molecule has 3 aromatic rings. The fraction of sp³-hybridized carbons (Fsp3) is 0.333. The topological polar surface area (TPSA) is 58.1 Å². The van der Waals surface area contributed by atoms with Crippen LogP contribution in [0.5, 0.6) is 0 Å². The number of nitrogens with zero attached hydrogens (tertiary/aromatic N) is 2. The number of carbonyl (C=O) groups excluding carboxylic acids is 1. The Kier molecular flexibility index (Phi) is 4.47.